The molecule has 1 aromatic rings. The monoisotopic (exact) mass is 237 g/mol. The van der Waals surface area contributed by atoms with Crippen LogP contribution in [0, 0.1) is 0 Å². The number of rotatable bonds is 7. The van der Waals surface area contributed by atoms with Gasteiger partial charge in [0.05, 0.1) is 0 Å². The van der Waals surface area contributed by atoms with Gasteiger partial charge in [-0.2, -0.15) is 0 Å². The molecule has 0 heterocycles. The maximum Gasteiger partial charge on any atom is 0.0102 e. The lowest BCUT2D eigenvalue weighted by Gasteiger charge is -2.15. The third kappa shape index (κ3) is 4.58. The normalized spacial score (nSPS) is 12.7. The third-order valence-electron chi connectivity index (χ3n) is 2.74. The summed E-state index contributed by atoms with van der Waals surface area (Å²) in [5.41, 5.74) is 1.46. The predicted molar refractivity (Wildman–Crippen MR) is 74.3 cm³/mol. The lowest BCUT2D eigenvalue weighted by Crippen LogP contribution is -2.29. The molecular weight excluding hydrogens is 214 g/mol. The average molecular weight is 237 g/mol. The summed E-state index contributed by atoms with van der Waals surface area (Å²) >= 11 is 1.84. The zero-order chi connectivity index (χ0) is 11.8. The molecule has 1 aromatic carbocycles. The van der Waals surface area contributed by atoms with Gasteiger partial charge in [0.15, 0.2) is 0 Å². The summed E-state index contributed by atoms with van der Waals surface area (Å²) in [6, 6.07) is 9.26. The van der Waals surface area contributed by atoms with E-state index in [-0.39, 0.29) is 0 Å². The summed E-state index contributed by atoms with van der Waals surface area (Å²) < 4.78 is 0. The molecule has 1 atom stereocenters. The average Bonchev–Trinajstić information content (AvgIpc) is 2.30. The van der Waals surface area contributed by atoms with Gasteiger partial charge in [0.1, 0.15) is 0 Å². The van der Waals surface area contributed by atoms with Gasteiger partial charge in [0.25, 0.3) is 0 Å². The van der Waals surface area contributed by atoms with E-state index in [4.69, 9.17) is 0 Å². The van der Waals surface area contributed by atoms with Crippen molar-refractivity contribution in [3.63, 3.8) is 0 Å². The Morgan fingerprint density at radius 1 is 1.31 bits per heavy atom. The molecule has 1 unspecified atom stereocenters. The molecule has 16 heavy (non-hydrogen) atoms. The molecule has 0 bridgehead atoms. The molecule has 0 saturated heterocycles. The van der Waals surface area contributed by atoms with E-state index in [2.05, 4.69) is 49.7 Å². The van der Waals surface area contributed by atoms with Crippen LogP contribution in [0.1, 0.15) is 32.3 Å². The molecule has 0 aliphatic heterocycles. The molecule has 0 saturated carbocycles. The highest BCUT2D eigenvalue weighted by Gasteiger charge is 2.05. The Labute approximate surface area is 104 Å². The lowest BCUT2D eigenvalue weighted by atomic mass is 10.1. The Morgan fingerprint density at radius 3 is 2.75 bits per heavy atom. The first kappa shape index (κ1) is 13.6. The first-order valence-corrected chi connectivity index (χ1v) is 7.35. The Morgan fingerprint density at radius 2 is 2.06 bits per heavy atom. The standard InChI is InChI=1S/C14H23NS/c1-4-5-10-15-12(2)11-13-8-6-7-9-14(13)16-3/h6-9,12,15H,4-5,10-11H2,1-3H3. The van der Waals surface area contributed by atoms with E-state index in [1.807, 2.05) is 11.8 Å². The van der Waals surface area contributed by atoms with Crippen LogP contribution in [0.25, 0.3) is 0 Å². The van der Waals surface area contributed by atoms with Gasteiger partial charge < -0.3 is 5.32 Å². The van der Waals surface area contributed by atoms with Gasteiger partial charge in [-0.15, -0.1) is 11.8 Å². The molecule has 1 nitrogen and oxygen atoms in total. The van der Waals surface area contributed by atoms with Gasteiger partial charge >= 0.3 is 0 Å². The van der Waals surface area contributed by atoms with Crippen molar-refractivity contribution in [1.29, 1.82) is 0 Å². The minimum Gasteiger partial charge on any atom is -0.314 e. The number of benzene rings is 1. The molecule has 0 fully saturated rings. The molecule has 0 aromatic heterocycles. The van der Waals surface area contributed by atoms with Crippen LogP contribution in [0.15, 0.2) is 29.2 Å². The smallest absolute Gasteiger partial charge is 0.0102 e. The fourth-order valence-electron chi connectivity index (χ4n) is 1.80. The summed E-state index contributed by atoms with van der Waals surface area (Å²) in [6.07, 6.45) is 5.81. The number of hydrogen-bond donors (Lipinski definition) is 1. The van der Waals surface area contributed by atoms with Crippen molar-refractivity contribution >= 4 is 11.8 Å². The second-order valence-corrected chi connectivity index (χ2v) is 5.07. The zero-order valence-corrected chi connectivity index (χ0v) is 11.4. The van der Waals surface area contributed by atoms with Crippen LogP contribution in [0.3, 0.4) is 0 Å². The first-order chi connectivity index (χ1) is 7.77. The molecule has 2 heteroatoms. The minimum atomic E-state index is 0.569. The Bertz CT molecular complexity index is 299. The first-order valence-electron chi connectivity index (χ1n) is 6.13. The van der Waals surface area contributed by atoms with Crippen molar-refractivity contribution in [3.05, 3.63) is 29.8 Å². The molecule has 0 spiro atoms. The summed E-state index contributed by atoms with van der Waals surface area (Å²) in [5, 5.41) is 3.57. The summed E-state index contributed by atoms with van der Waals surface area (Å²) in [4.78, 5) is 1.41. The van der Waals surface area contributed by atoms with Crippen LogP contribution in [0.5, 0.6) is 0 Å². The van der Waals surface area contributed by atoms with Crippen LogP contribution in [0.4, 0.5) is 0 Å². The van der Waals surface area contributed by atoms with Gasteiger partial charge in [0.2, 0.25) is 0 Å². The highest BCUT2D eigenvalue weighted by molar-refractivity contribution is 7.98. The van der Waals surface area contributed by atoms with E-state index in [0.29, 0.717) is 6.04 Å². The quantitative estimate of drug-likeness (QED) is 0.573. The van der Waals surface area contributed by atoms with E-state index < -0.39 is 0 Å². The van der Waals surface area contributed by atoms with Gasteiger partial charge in [0, 0.05) is 10.9 Å². The number of thioether (sulfide) groups is 1. The lowest BCUT2D eigenvalue weighted by molar-refractivity contribution is 0.529. The van der Waals surface area contributed by atoms with Crippen molar-refractivity contribution in [2.75, 3.05) is 12.8 Å². The Hall–Kier alpha value is -0.470. The molecule has 0 aliphatic rings. The van der Waals surface area contributed by atoms with Crippen LogP contribution >= 0.6 is 11.8 Å². The van der Waals surface area contributed by atoms with Gasteiger partial charge in [-0.1, -0.05) is 31.5 Å². The van der Waals surface area contributed by atoms with Crippen LogP contribution in [-0.2, 0) is 6.42 Å². The van der Waals surface area contributed by atoms with Crippen LogP contribution < -0.4 is 5.32 Å². The molecule has 1 rings (SSSR count). The molecule has 1 N–H and O–H groups in total. The fraction of sp³-hybridized carbons (Fsp3) is 0.571. The van der Waals surface area contributed by atoms with E-state index >= 15 is 0 Å². The van der Waals surface area contributed by atoms with Gasteiger partial charge in [-0.05, 0) is 44.2 Å². The van der Waals surface area contributed by atoms with Crippen molar-refractivity contribution < 1.29 is 0 Å². The maximum absolute atomic E-state index is 3.57. The highest BCUT2D eigenvalue weighted by Crippen LogP contribution is 2.20. The Balaban J connectivity index is 2.45. The summed E-state index contributed by atoms with van der Waals surface area (Å²) in [5.74, 6) is 0. The Kier molecular flexibility index (Phi) is 6.58. The minimum absolute atomic E-state index is 0.569. The van der Waals surface area contributed by atoms with Gasteiger partial charge in [-0.25, -0.2) is 0 Å². The fourth-order valence-corrected chi connectivity index (χ4v) is 2.43. The number of unbranched alkanes of at least 4 members (excludes halogenated alkanes) is 1. The van der Waals surface area contributed by atoms with E-state index in [0.717, 1.165) is 13.0 Å². The SMILES string of the molecule is CCCCNC(C)Cc1ccccc1SC. The molecule has 0 radical (unpaired) electrons. The van der Waals surface area contributed by atoms with Crippen molar-refractivity contribution in [3.8, 4) is 0 Å². The molecule has 90 valence electrons. The summed E-state index contributed by atoms with van der Waals surface area (Å²) in [7, 11) is 0. The third-order valence-corrected chi connectivity index (χ3v) is 3.58. The van der Waals surface area contributed by atoms with Crippen molar-refractivity contribution in [1.82, 2.24) is 5.32 Å². The van der Waals surface area contributed by atoms with Crippen LogP contribution in [0.2, 0.25) is 0 Å². The predicted octanol–water partition coefficient (Wildman–Crippen LogP) is 3.73. The molecule has 0 amide bonds. The second kappa shape index (κ2) is 7.75. The number of nitrogens with one attached hydrogen (secondary N) is 1. The maximum atomic E-state index is 3.57. The van der Waals surface area contributed by atoms with E-state index in [9.17, 15) is 0 Å². The largest absolute Gasteiger partial charge is 0.314 e. The topological polar surface area (TPSA) is 12.0 Å². The molecular formula is C14H23NS. The zero-order valence-electron chi connectivity index (χ0n) is 10.6. The second-order valence-electron chi connectivity index (χ2n) is 4.22. The van der Waals surface area contributed by atoms with Crippen molar-refractivity contribution in [2.45, 2.75) is 44.0 Å². The van der Waals surface area contributed by atoms with Crippen molar-refractivity contribution in [2.24, 2.45) is 0 Å². The molecule has 0 aliphatic carbocycles. The van der Waals surface area contributed by atoms with Crippen LogP contribution in [-0.4, -0.2) is 18.8 Å². The highest BCUT2D eigenvalue weighted by atomic mass is 32.2. The van der Waals surface area contributed by atoms with E-state index in [1.54, 1.807) is 0 Å². The van der Waals surface area contributed by atoms with E-state index in [1.165, 1.54) is 23.3 Å². The number of hydrogen-bond acceptors (Lipinski definition) is 2. The van der Waals surface area contributed by atoms with Gasteiger partial charge in [-0.3, -0.25) is 0 Å². The summed E-state index contributed by atoms with van der Waals surface area (Å²) in [6.45, 7) is 5.64.